The van der Waals surface area contributed by atoms with Crippen LogP contribution in [-0.4, -0.2) is 21.3 Å². The molecule has 3 rings (SSSR count). The molecule has 2 aromatic rings. The van der Waals surface area contributed by atoms with Crippen molar-refractivity contribution in [3.05, 3.63) is 53.8 Å². The summed E-state index contributed by atoms with van der Waals surface area (Å²) in [5, 5.41) is 7.95. The van der Waals surface area contributed by atoms with Crippen molar-refractivity contribution in [1.29, 1.82) is 0 Å². The van der Waals surface area contributed by atoms with Gasteiger partial charge in [-0.25, -0.2) is 17.9 Å². The smallest absolute Gasteiger partial charge is 0.404 e. The summed E-state index contributed by atoms with van der Waals surface area (Å²) in [6.45, 7) is 4.28. The largest absolute Gasteiger partial charge is 0.573 e. The average molecular weight is 432 g/mol. The van der Waals surface area contributed by atoms with Crippen molar-refractivity contribution in [3.63, 3.8) is 0 Å². The van der Waals surface area contributed by atoms with E-state index in [2.05, 4.69) is 10.1 Å². The third-order valence-corrected chi connectivity index (χ3v) is 6.23. The number of rotatable bonds is 6. The van der Waals surface area contributed by atoms with E-state index in [4.69, 9.17) is 5.14 Å². The molecule has 5 nitrogen and oxygen atoms in total. The van der Waals surface area contributed by atoms with Crippen molar-refractivity contribution in [2.45, 2.75) is 31.0 Å². The molecule has 1 aliphatic rings. The van der Waals surface area contributed by atoms with Crippen LogP contribution in [-0.2, 0) is 10.0 Å². The van der Waals surface area contributed by atoms with Crippen LogP contribution in [0.15, 0.2) is 47.4 Å². The van der Waals surface area contributed by atoms with Gasteiger partial charge in [-0.2, -0.15) is 0 Å². The SMILES string of the molecule is CC1(C)C(CNc2cc(F)ccc2OC(F)(F)F)C1c1ccc(S(N)(=O)=O)cc1. The van der Waals surface area contributed by atoms with Crippen molar-refractivity contribution in [2.24, 2.45) is 16.5 Å². The molecule has 3 N–H and O–H groups in total. The van der Waals surface area contributed by atoms with Crippen molar-refractivity contribution in [1.82, 2.24) is 0 Å². The molecule has 0 spiro atoms. The van der Waals surface area contributed by atoms with Crippen LogP contribution in [0.25, 0.3) is 0 Å². The number of hydrogen-bond donors (Lipinski definition) is 2. The van der Waals surface area contributed by atoms with Gasteiger partial charge in [0.05, 0.1) is 10.6 Å². The minimum Gasteiger partial charge on any atom is -0.404 e. The Labute approximate surface area is 165 Å². The molecular formula is C19H20F4N2O3S. The predicted molar refractivity (Wildman–Crippen MR) is 99.4 cm³/mol. The van der Waals surface area contributed by atoms with E-state index < -0.39 is 28.0 Å². The fraction of sp³-hybridized carbons (Fsp3) is 0.368. The molecule has 0 aromatic heterocycles. The van der Waals surface area contributed by atoms with Gasteiger partial charge in [-0.05, 0) is 47.1 Å². The Morgan fingerprint density at radius 2 is 1.76 bits per heavy atom. The number of hydrogen-bond acceptors (Lipinski definition) is 4. The Morgan fingerprint density at radius 3 is 2.31 bits per heavy atom. The molecule has 1 fully saturated rings. The first-order valence-electron chi connectivity index (χ1n) is 8.71. The van der Waals surface area contributed by atoms with Crippen LogP contribution in [0.5, 0.6) is 5.75 Å². The monoisotopic (exact) mass is 432 g/mol. The maximum absolute atomic E-state index is 13.5. The summed E-state index contributed by atoms with van der Waals surface area (Å²) in [5.41, 5.74) is 0.614. The van der Waals surface area contributed by atoms with Crippen LogP contribution < -0.4 is 15.2 Å². The summed E-state index contributed by atoms with van der Waals surface area (Å²) in [6.07, 6.45) is -4.89. The first-order chi connectivity index (χ1) is 13.3. The van der Waals surface area contributed by atoms with Gasteiger partial charge < -0.3 is 10.1 Å². The third kappa shape index (κ3) is 4.81. The average Bonchev–Trinajstić information content (AvgIpc) is 3.14. The van der Waals surface area contributed by atoms with E-state index in [9.17, 15) is 26.0 Å². The van der Waals surface area contributed by atoms with Gasteiger partial charge in [0, 0.05) is 12.6 Å². The minimum atomic E-state index is -4.89. The molecule has 0 saturated heterocycles. The highest BCUT2D eigenvalue weighted by Crippen LogP contribution is 2.64. The number of halogens is 4. The predicted octanol–water partition coefficient (Wildman–Crippen LogP) is 4.22. The zero-order valence-electron chi connectivity index (χ0n) is 15.6. The van der Waals surface area contributed by atoms with Crippen LogP contribution >= 0.6 is 0 Å². The number of primary sulfonamides is 1. The molecule has 0 bridgehead atoms. The molecule has 0 amide bonds. The molecule has 0 aliphatic heterocycles. The Balaban J connectivity index is 1.74. The molecular weight excluding hydrogens is 412 g/mol. The molecule has 1 saturated carbocycles. The van der Waals surface area contributed by atoms with Crippen LogP contribution in [0.4, 0.5) is 23.2 Å². The lowest BCUT2D eigenvalue weighted by Gasteiger charge is -2.15. The molecule has 2 unspecified atom stereocenters. The maximum Gasteiger partial charge on any atom is 0.573 e. The lowest BCUT2D eigenvalue weighted by Crippen LogP contribution is -2.19. The molecule has 1 aliphatic carbocycles. The number of benzene rings is 2. The molecule has 10 heteroatoms. The first kappa shape index (κ1) is 21.4. The second-order valence-electron chi connectivity index (χ2n) is 7.59. The summed E-state index contributed by atoms with van der Waals surface area (Å²) >= 11 is 0. The quantitative estimate of drug-likeness (QED) is 0.670. The zero-order chi connectivity index (χ0) is 21.6. The van der Waals surface area contributed by atoms with Crippen LogP contribution in [0.1, 0.15) is 25.3 Å². The molecule has 2 atom stereocenters. The van der Waals surface area contributed by atoms with E-state index in [1.165, 1.54) is 12.1 Å². The van der Waals surface area contributed by atoms with E-state index in [1.807, 2.05) is 13.8 Å². The fourth-order valence-electron chi connectivity index (χ4n) is 3.73. The highest BCUT2D eigenvalue weighted by atomic mass is 32.2. The Bertz CT molecular complexity index is 1010. The van der Waals surface area contributed by atoms with Gasteiger partial charge in [-0.15, -0.1) is 13.2 Å². The summed E-state index contributed by atoms with van der Waals surface area (Å²) in [7, 11) is -3.79. The van der Waals surface area contributed by atoms with Gasteiger partial charge in [0.2, 0.25) is 10.0 Å². The number of sulfonamides is 1. The Morgan fingerprint density at radius 1 is 1.14 bits per heavy atom. The lowest BCUT2D eigenvalue weighted by atomic mass is 10.0. The second-order valence-corrected chi connectivity index (χ2v) is 9.15. The lowest BCUT2D eigenvalue weighted by molar-refractivity contribution is -0.274. The minimum absolute atomic E-state index is 0.00285. The second kappa shape index (κ2) is 7.17. The number of alkyl halides is 3. The van der Waals surface area contributed by atoms with E-state index in [0.717, 1.165) is 23.8 Å². The van der Waals surface area contributed by atoms with Gasteiger partial charge in [-0.3, -0.25) is 0 Å². The third-order valence-electron chi connectivity index (χ3n) is 5.30. The van der Waals surface area contributed by atoms with Gasteiger partial charge in [0.1, 0.15) is 5.82 Å². The van der Waals surface area contributed by atoms with Crippen LogP contribution in [0.2, 0.25) is 0 Å². The van der Waals surface area contributed by atoms with Crippen LogP contribution in [0.3, 0.4) is 0 Å². The zero-order valence-corrected chi connectivity index (χ0v) is 16.4. The number of anilines is 1. The van der Waals surface area contributed by atoms with Crippen molar-refractivity contribution in [2.75, 3.05) is 11.9 Å². The van der Waals surface area contributed by atoms with Gasteiger partial charge in [-0.1, -0.05) is 26.0 Å². The van der Waals surface area contributed by atoms with E-state index in [-0.39, 0.29) is 34.4 Å². The van der Waals surface area contributed by atoms with E-state index in [1.54, 1.807) is 12.1 Å². The summed E-state index contributed by atoms with van der Waals surface area (Å²) in [4.78, 5) is 0.00285. The normalized spacial score (nSPS) is 20.9. The first-order valence-corrected chi connectivity index (χ1v) is 10.3. The summed E-state index contributed by atoms with van der Waals surface area (Å²) in [6, 6.07) is 8.96. The fourth-order valence-corrected chi connectivity index (χ4v) is 4.24. The highest BCUT2D eigenvalue weighted by molar-refractivity contribution is 7.89. The van der Waals surface area contributed by atoms with E-state index in [0.29, 0.717) is 0 Å². The number of ether oxygens (including phenoxy) is 1. The van der Waals surface area contributed by atoms with Gasteiger partial charge in [0.25, 0.3) is 0 Å². The van der Waals surface area contributed by atoms with Gasteiger partial charge >= 0.3 is 6.36 Å². The van der Waals surface area contributed by atoms with Gasteiger partial charge in [0.15, 0.2) is 5.75 Å². The Kier molecular flexibility index (Phi) is 5.29. The highest BCUT2D eigenvalue weighted by Gasteiger charge is 2.57. The molecule has 0 radical (unpaired) electrons. The standard InChI is InChI=1S/C19H20F4N2O3S/c1-18(2)14(17(18)11-3-6-13(7-4-11)29(24,26)27)10-25-15-9-12(20)5-8-16(15)28-19(21,22)23/h3-9,14,17,25H,10H2,1-2H3,(H2,24,26,27). The van der Waals surface area contributed by atoms with Crippen molar-refractivity contribution < 1.29 is 30.7 Å². The summed E-state index contributed by atoms with van der Waals surface area (Å²) in [5.74, 6) is -1.12. The van der Waals surface area contributed by atoms with Crippen molar-refractivity contribution in [3.8, 4) is 5.75 Å². The van der Waals surface area contributed by atoms with Crippen LogP contribution in [0, 0.1) is 17.2 Å². The molecule has 2 aromatic carbocycles. The van der Waals surface area contributed by atoms with Crippen molar-refractivity contribution >= 4 is 15.7 Å². The summed E-state index contributed by atoms with van der Waals surface area (Å²) < 4.78 is 77.9. The number of nitrogens with one attached hydrogen (secondary N) is 1. The molecule has 158 valence electrons. The van der Waals surface area contributed by atoms with E-state index >= 15 is 0 Å². The topological polar surface area (TPSA) is 81.4 Å². The molecule has 29 heavy (non-hydrogen) atoms. The number of nitrogens with two attached hydrogens (primary N) is 1. The molecule has 0 heterocycles. The maximum atomic E-state index is 13.5. The Hall–Kier alpha value is -2.33.